The van der Waals surface area contributed by atoms with E-state index in [0.29, 0.717) is 18.1 Å². The Hall–Kier alpha value is -4.10. The van der Waals surface area contributed by atoms with Gasteiger partial charge in [0.25, 0.3) is 0 Å². The SMILES string of the molecule is COc1cc(/C=C(/C#N)c2ccccc2F)ccc1OCc1ccc2ccccc2c1. The van der Waals surface area contributed by atoms with Crippen LogP contribution in [0.4, 0.5) is 4.39 Å². The molecule has 0 aliphatic heterocycles. The smallest absolute Gasteiger partial charge is 0.161 e. The Bertz CT molecular complexity index is 1300. The quantitative estimate of drug-likeness (QED) is 0.265. The largest absolute Gasteiger partial charge is 0.493 e. The zero-order valence-electron chi connectivity index (χ0n) is 17.0. The molecular weight excluding hydrogens is 389 g/mol. The normalized spacial score (nSPS) is 11.2. The summed E-state index contributed by atoms with van der Waals surface area (Å²) < 4.78 is 25.5. The zero-order valence-corrected chi connectivity index (χ0v) is 17.0. The third-order valence-electron chi connectivity index (χ3n) is 4.99. The number of rotatable bonds is 6. The summed E-state index contributed by atoms with van der Waals surface area (Å²) in [7, 11) is 1.56. The lowest BCUT2D eigenvalue weighted by atomic mass is 10.0. The first kappa shape index (κ1) is 20.2. The van der Waals surface area contributed by atoms with Gasteiger partial charge in [-0.25, -0.2) is 4.39 Å². The summed E-state index contributed by atoms with van der Waals surface area (Å²) in [5, 5.41) is 11.8. The number of fused-ring (bicyclic) bond motifs is 1. The summed E-state index contributed by atoms with van der Waals surface area (Å²) in [5.74, 6) is 0.704. The van der Waals surface area contributed by atoms with E-state index in [0.717, 1.165) is 16.5 Å². The minimum atomic E-state index is -0.433. The van der Waals surface area contributed by atoms with Crippen molar-refractivity contribution in [3.05, 3.63) is 107 Å². The second-order valence-corrected chi connectivity index (χ2v) is 7.03. The number of allylic oxidation sites excluding steroid dienone is 1. The summed E-state index contributed by atoms with van der Waals surface area (Å²) in [6.45, 7) is 0.398. The monoisotopic (exact) mass is 409 g/mol. The lowest BCUT2D eigenvalue weighted by Crippen LogP contribution is -1.98. The topological polar surface area (TPSA) is 42.2 Å². The van der Waals surface area contributed by atoms with Gasteiger partial charge >= 0.3 is 0 Å². The maximum absolute atomic E-state index is 14.1. The second kappa shape index (κ2) is 9.15. The predicted octanol–water partition coefficient (Wildman–Crippen LogP) is 6.63. The van der Waals surface area contributed by atoms with Gasteiger partial charge in [0.05, 0.1) is 18.8 Å². The Morgan fingerprint density at radius 3 is 2.45 bits per heavy atom. The first-order chi connectivity index (χ1) is 15.2. The number of nitrogens with zero attached hydrogens (tertiary/aromatic N) is 1. The van der Waals surface area contributed by atoms with E-state index in [1.807, 2.05) is 24.3 Å². The summed E-state index contributed by atoms with van der Waals surface area (Å²) >= 11 is 0. The lowest BCUT2D eigenvalue weighted by molar-refractivity contribution is 0.284. The van der Waals surface area contributed by atoms with Crippen molar-refractivity contribution in [2.45, 2.75) is 6.61 Å². The van der Waals surface area contributed by atoms with Gasteiger partial charge in [-0.05, 0) is 52.2 Å². The average molecular weight is 409 g/mol. The van der Waals surface area contributed by atoms with Crippen LogP contribution in [-0.2, 0) is 6.61 Å². The predicted molar refractivity (Wildman–Crippen MR) is 121 cm³/mol. The fraction of sp³-hybridized carbons (Fsp3) is 0.0741. The Balaban J connectivity index is 1.56. The van der Waals surface area contributed by atoms with Gasteiger partial charge < -0.3 is 9.47 Å². The molecule has 3 nitrogen and oxygen atoms in total. The fourth-order valence-corrected chi connectivity index (χ4v) is 3.40. The third-order valence-corrected chi connectivity index (χ3v) is 4.99. The van der Waals surface area contributed by atoms with Crippen molar-refractivity contribution in [2.24, 2.45) is 0 Å². The molecule has 0 fully saturated rings. The van der Waals surface area contributed by atoms with E-state index in [1.54, 1.807) is 43.5 Å². The number of halogens is 1. The third kappa shape index (κ3) is 4.57. The van der Waals surface area contributed by atoms with Gasteiger partial charge in [-0.2, -0.15) is 5.26 Å². The van der Waals surface area contributed by atoms with Crippen molar-refractivity contribution in [3.63, 3.8) is 0 Å². The van der Waals surface area contributed by atoms with Gasteiger partial charge in [0.15, 0.2) is 11.5 Å². The summed E-state index contributed by atoms with van der Waals surface area (Å²) in [6.07, 6.45) is 1.63. The molecule has 152 valence electrons. The molecular formula is C27H20FNO2. The molecule has 0 radical (unpaired) electrons. The van der Waals surface area contributed by atoms with Gasteiger partial charge in [-0.1, -0.05) is 60.7 Å². The van der Waals surface area contributed by atoms with Crippen LogP contribution in [0.5, 0.6) is 11.5 Å². The average Bonchev–Trinajstić information content (AvgIpc) is 2.82. The van der Waals surface area contributed by atoms with E-state index in [4.69, 9.17) is 9.47 Å². The highest BCUT2D eigenvalue weighted by Gasteiger charge is 2.10. The highest BCUT2D eigenvalue weighted by atomic mass is 19.1. The Kier molecular flexibility index (Phi) is 5.96. The Labute approximate surface area is 180 Å². The minimum Gasteiger partial charge on any atom is -0.493 e. The standard InChI is InChI=1S/C27H20FNO2/c1-30-27-16-19(14-23(17-29)24-8-4-5-9-25(24)28)11-13-26(27)31-18-20-10-12-21-6-2-3-7-22(21)15-20/h2-16H,18H2,1H3/b23-14-. The summed E-state index contributed by atoms with van der Waals surface area (Å²) in [6, 6.07) is 28.1. The van der Waals surface area contributed by atoms with E-state index < -0.39 is 5.82 Å². The van der Waals surface area contributed by atoms with Crippen molar-refractivity contribution >= 4 is 22.4 Å². The van der Waals surface area contributed by atoms with Crippen molar-refractivity contribution in [3.8, 4) is 17.6 Å². The van der Waals surface area contributed by atoms with Gasteiger partial charge in [0.2, 0.25) is 0 Å². The molecule has 4 rings (SSSR count). The molecule has 0 atom stereocenters. The molecule has 0 amide bonds. The van der Waals surface area contributed by atoms with E-state index in [-0.39, 0.29) is 11.1 Å². The second-order valence-electron chi connectivity index (χ2n) is 7.03. The molecule has 0 aromatic heterocycles. The molecule has 0 aliphatic carbocycles. The lowest BCUT2D eigenvalue weighted by Gasteiger charge is -2.12. The van der Waals surface area contributed by atoms with Gasteiger partial charge in [0.1, 0.15) is 12.4 Å². The molecule has 0 heterocycles. The van der Waals surface area contributed by atoms with Crippen LogP contribution < -0.4 is 9.47 Å². The Morgan fingerprint density at radius 2 is 1.68 bits per heavy atom. The molecule has 0 unspecified atom stereocenters. The summed E-state index contributed by atoms with van der Waals surface area (Å²) in [4.78, 5) is 0. The van der Waals surface area contributed by atoms with Crippen molar-refractivity contribution in [1.82, 2.24) is 0 Å². The molecule has 0 spiro atoms. The van der Waals surface area contributed by atoms with E-state index in [1.165, 1.54) is 11.5 Å². The fourth-order valence-electron chi connectivity index (χ4n) is 3.40. The van der Waals surface area contributed by atoms with Gasteiger partial charge in [0, 0.05) is 5.56 Å². The maximum atomic E-state index is 14.1. The van der Waals surface area contributed by atoms with Gasteiger partial charge in [-0.3, -0.25) is 0 Å². The highest BCUT2D eigenvalue weighted by Crippen LogP contribution is 2.31. The maximum Gasteiger partial charge on any atom is 0.161 e. The van der Waals surface area contributed by atoms with Crippen LogP contribution in [-0.4, -0.2) is 7.11 Å². The van der Waals surface area contributed by atoms with Crippen LogP contribution in [0.25, 0.3) is 22.4 Å². The molecule has 4 heteroatoms. The number of benzene rings is 4. The summed E-state index contributed by atoms with van der Waals surface area (Å²) in [5.41, 5.74) is 2.27. The molecule has 0 saturated carbocycles. The first-order valence-corrected chi connectivity index (χ1v) is 9.83. The molecule has 0 bridgehead atoms. The van der Waals surface area contributed by atoms with Crippen molar-refractivity contribution < 1.29 is 13.9 Å². The van der Waals surface area contributed by atoms with Gasteiger partial charge in [-0.15, -0.1) is 0 Å². The van der Waals surface area contributed by atoms with Crippen LogP contribution in [0.1, 0.15) is 16.7 Å². The van der Waals surface area contributed by atoms with Crippen LogP contribution >= 0.6 is 0 Å². The highest BCUT2D eigenvalue weighted by molar-refractivity contribution is 5.90. The molecule has 0 N–H and O–H groups in total. The zero-order chi connectivity index (χ0) is 21.6. The van der Waals surface area contributed by atoms with Crippen molar-refractivity contribution in [2.75, 3.05) is 7.11 Å². The minimum absolute atomic E-state index is 0.241. The number of ether oxygens (including phenoxy) is 2. The molecule has 4 aromatic carbocycles. The number of hydrogen-bond donors (Lipinski definition) is 0. The van der Waals surface area contributed by atoms with E-state index in [2.05, 4.69) is 30.3 Å². The first-order valence-electron chi connectivity index (χ1n) is 9.83. The number of nitriles is 1. The Morgan fingerprint density at radius 1 is 0.903 bits per heavy atom. The van der Waals surface area contributed by atoms with Crippen LogP contribution in [0, 0.1) is 17.1 Å². The van der Waals surface area contributed by atoms with E-state index >= 15 is 0 Å². The molecule has 4 aromatic rings. The molecule has 31 heavy (non-hydrogen) atoms. The van der Waals surface area contributed by atoms with Crippen LogP contribution in [0.15, 0.2) is 84.9 Å². The number of methoxy groups -OCH3 is 1. The number of hydrogen-bond acceptors (Lipinski definition) is 3. The van der Waals surface area contributed by atoms with E-state index in [9.17, 15) is 9.65 Å². The molecule has 0 aliphatic rings. The van der Waals surface area contributed by atoms with Crippen molar-refractivity contribution in [1.29, 1.82) is 5.26 Å². The van der Waals surface area contributed by atoms with Crippen LogP contribution in [0.3, 0.4) is 0 Å². The van der Waals surface area contributed by atoms with Crippen LogP contribution in [0.2, 0.25) is 0 Å². The molecule has 0 saturated heterocycles.